The minimum atomic E-state index is -0.344. The summed E-state index contributed by atoms with van der Waals surface area (Å²) in [5, 5.41) is 3.18. The summed E-state index contributed by atoms with van der Waals surface area (Å²) < 4.78 is 20.0. The lowest BCUT2D eigenvalue weighted by atomic mass is 9.92. The molecule has 0 aromatic heterocycles. The molecular weight excluding hydrogens is 285 g/mol. The van der Waals surface area contributed by atoms with Gasteiger partial charge in [-0.3, -0.25) is 0 Å². The predicted octanol–water partition coefficient (Wildman–Crippen LogP) is 3.14. The summed E-state index contributed by atoms with van der Waals surface area (Å²) in [6.45, 7) is 3.98. The standard InChI is InChI=1S/C13H19BrFNO/c1-13(2,17-4)12(16-3)8-9-7-10(14)5-6-11(9)15/h5-7,12,16H,8H2,1-4H3. The first-order valence-corrected chi connectivity index (χ1v) is 6.36. The maximum Gasteiger partial charge on any atom is 0.126 e. The zero-order valence-electron chi connectivity index (χ0n) is 10.7. The third-order valence-electron chi connectivity index (χ3n) is 3.15. The summed E-state index contributed by atoms with van der Waals surface area (Å²) in [6.07, 6.45) is 0.586. The maximum absolute atomic E-state index is 13.7. The Bertz CT molecular complexity index is 382. The van der Waals surface area contributed by atoms with E-state index < -0.39 is 0 Å². The molecule has 1 atom stereocenters. The summed E-state index contributed by atoms with van der Waals surface area (Å²) in [7, 11) is 3.53. The fourth-order valence-corrected chi connectivity index (χ4v) is 2.17. The van der Waals surface area contributed by atoms with Crippen LogP contribution in [0.2, 0.25) is 0 Å². The molecule has 0 saturated carbocycles. The Kier molecular flexibility index (Phi) is 5.10. The molecule has 0 amide bonds. The number of halogens is 2. The van der Waals surface area contributed by atoms with Gasteiger partial charge in [-0.25, -0.2) is 4.39 Å². The molecule has 1 aromatic carbocycles. The van der Waals surface area contributed by atoms with Crippen LogP contribution in [0.4, 0.5) is 4.39 Å². The molecule has 1 rings (SSSR count). The second-order valence-electron chi connectivity index (χ2n) is 4.59. The Hall–Kier alpha value is -0.450. The van der Waals surface area contributed by atoms with Crippen LogP contribution in [-0.2, 0) is 11.2 Å². The average Bonchev–Trinajstić information content (AvgIpc) is 2.30. The SMILES string of the molecule is CNC(Cc1cc(Br)ccc1F)C(C)(C)OC. The van der Waals surface area contributed by atoms with Crippen molar-refractivity contribution in [1.29, 1.82) is 0 Å². The molecule has 1 unspecified atom stereocenters. The molecule has 96 valence electrons. The number of likely N-dealkylation sites (N-methyl/N-ethyl adjacent to an activating group) is 1. The minimum Gasteiger partial charge on any atom is -0.377 e. The van der Waals surface area contributed by atoms with Crippen molar-refractivity contribution >= 4 is 15.9 Å². The van der Waals surface area contributed by atoms with Crippen molar-refractivity contribution in [3.05, 3.63) is 34.1 Å². The van der Waals surface area contributed by atoms with E-state index in [1.807, 2.05) is 27.0 Å². The summed E-state index contributed by atoms with van der Waals surface area (Å²) in [5.74, 6) is -0.180. The van der Waals surface area contributed by atoms with E-state index in [0.717, 1.165) is 4.47 Å². The highest BCUT2D eigenvalue weighted by Crippen LogP contribution is 2.22. The van der Waals surface area contributed by atoms with Crippen LogP contribution in [0.15, 0.2) is 22.7 Å². The molecule has 0 spiro atoms. The third kappa shape index (κ3) is 3.76. The largest absolute Gasteiger partial charge is 0.377 e. The first-order valence-electron chi connectivity index (χ1n) is 5.57. The lowest BCUT2D eigenvalue weighted by molar-refractivity contribution is -0.00815. The predicted molar refractivity (Wildman–Crippen MR) is 71.7 cm³/mol. The van der Waals surface area contributed by atoms with Crippen molar-refractivity contribution in [3.8, 4) is 0 Å². The number of nitrogens with one attached hydrogen (secondary N) is 1. The fraction of sp³-hybridized carbons (Fsp3) is 0.538. The molecule has 1 N–H and O–H groups in total. The number of benzene rings is 1. The van der Waals surface area contributed by atoms with Crippen LogP contribution >= 0.6 is 15.9 Å². The van der Waals surface area contributed by atoms with Crippen LogP contribution in [0.3, 0.4) is 0 Å². The van der Waals surface area contributed by atoms with E-state index in [-0.39, 0.29) is 17.5 Å². The van der Waals surface area contributed by atoms with E-state index in [2.05, 4.69) is 21.2 Å². The van der Waals surface area contributed by atoms with Crippen LogP contribution < -0.4 is 5.32 Å². The Balaban J connectivity index is 2.91. The number of rotatable bonds is 5. The van der Waals surface area contributed by atoms with Gasteiger partial charge in [-0.2, -0.15) is 0 Å². The van der Waals surface area contributed by atoms with Gasteiger partial charge >= 0.3 is 0 Å². The first-order chi connectivity index (χ1) is 7.90. The van der Waals surface area contributed by atoms with Gasteiger partial charge in [-0.1, -0.05) is 15.9 Å². The molecule has 0 aliphatic heterocycles. The topological polar surface area (TPSA) is 21.3 Å². The number of methoxy groups -OCH3 is 1. The van der Waals surface area contributed by atoms with Crippen molar-refractivity contribution in [1.82, 2.24) is 5.32 Å². The fourth-order valence-electron chi connectivity index (χ4n) is 1.76. The number of ether oxygens (including phenoxy) is 1. The monoisotopic (exact) mass is 303 g/mol. The quantitative estimate of drug-likeness (QED) is 0.902. The first kappa shape index (κ1) is 14.6. The van der Waals surface area contributed by atoms with Gasteiger partial charge in [-0.15, -0.1) is 0 Å². The van der Waals surface area contributed by atoms with Crippen molar-refractivity contribution in [2.75, 3.05) is 14.2 Å². The molecule has 0 bridgehead atoms. The number of hydrogen-bond acceptors (Lipinski definition) is 2. The minimum absolute atomic E-state index is 0.0521. The van der Waals surface area contributed by atoms with Gasteiger partial charge in [0.2, 0.25) is 0 Å². The molecule has 0 radical (unpaired) electrons. The van der Waals surface area contributed by atoms with Crippen molar-refractivity contribution in [2.24, 2.45) is 0 Å². The number of hydrogen-bond donors (Lipinski definition) is 1. The van der Waals surface area contributed by atoms with E-state index in [9.17, 15) is 4.39 Å². The van der Waals surface area contributed by atoms with Crippen molar-refractivity contribution < 1.29 is 9.13 Å². The summed E-state index contributed by atoms with van der Waals surface area (Å²) in [4.78, 5) is 0. The zero-order valence-corrected chi connectivity index (χ0v) is 12.3. The highest BCUT2D eigenvalue weighted by molar-refractivity contribution is 9.10. The average molecular weight is 304 g/mol. The molecule has 2 nitrogen and oxygen atoms in total. The van der Waals surface area contributed by atoms with E-state index in [0.29, 0.717) is 12.0 Å². The summed E-state index contributed by atoms with van der Waals surface area (Å²) in [5.41, 5.74) is 0.340. The molecular formula is C13H19BrFNO. The highest BCUT2D eigenvalue weighted by Gasteiger charge is 2.28. The molecule has 0 fully saturated rings. The van der Waals surface area contributed by atoms with Gasteiger partial charge < -0.3 is 10.1 Å². The van der Waals surface area contributed by atoms with Gasteiger partial charge in [0.25, 0.3) is 0 Å². The van der Waals surface area contributed by atoms with E-state index in [1.54, 1.807) is 13.2 Å². The van der Waals surface area contributed by atoms with E-state index in [1.165, 1.54) is 6.07 Å². The zero-order chi connectivity index (χ0) is 13.1. The lowest BCUT2D eigenvalue weighted by Gasteiger charge is -2.33. The molecule has 0 saturated heterocycles. The van der Waals surface area contributed by atoms with Crippen LogP contribution in [0.1, 0.15) is 19.4 Å². The molecule has 0 aliphatic carbocycles. The van der Waals surface area contributed by atoms with Gasteiger partial charge in [0.1, 0.15) is 5.82 Å². The van der Waals surface area contributed by atoms with Crippen LogP contribution in [-0.4, -0.2) is 25.8 Å². The second-order valence-corrected chi connectivity index (χ2v) is 5.50. The molecule has 4 heteroatoms. The summed E-state index contributed by atoms with van der Waals surface area (Å²) in [6, 6.07) is 5.04. The Labute approximate surface area is 111 Å². The van der Waals surface area contributed by atoms with Crippen LogP contribution in [0.5, 0.6) is 0 Å². The molecule has 0 aliphatic rings. The molecule has 0 heterocycles. The van der Waals surface area contributed by atoms with Gasteiger partial charge in [0.15, 0.2) is 0 Å². The molecule has 17 heavy (non-hydrogen) atoms. The van der Waals surface area contributed by atoms with Crippen LogP contribution in [0, 0.1) is 5.82 Å². The van der Waals surface area contributed by atoms with E-state index in [4.69, 9.17) is 4.74 Å². The van der Waals surface area contributed by atoms with Crippen molar-refractivity contribution in [2.45, 2.75) is 31.9 Å². The normalized spacial score (nSPS) is 13.8. The smallest absolute Gasteiger partial charge is 0.126 e. The Morgan fingerprint density at radius 2 is 2.12 bits per heavy atom. The van der Waals surface area contributed by atoms with Crippen LogP contribution in [0.25, 0.3) is 0 Å². The second kappa shape index (κ2) is 5.94. The maximum atomic E-state index is 13.7. The Morgan fingerprint density at radius 3 is 2.65 bits per heavy atom. The van der Waals surface area contributed by atoms with Crippen molar-refractivity contribution in [3.63, 3.8) is 0 Å². The molecule has 1 aromatic rings. The summed E-state index contributed by atoms with van der Waals surface area (Å²) >= 11 is 3.36. The lowest BCUT2D eigenvalue weighted by Crippen LogP contribution is -2.48. The van der Waals surface area contributed by atoms with Gasteiger partial charge in [0, 0.05) is 17.6 Å². The van der Waals surface area contributed by atoms with Gasteiger partial charge in [-0.05, 0) is 51.1 Å². The van der Waals surface area contributed by atoms with E-state index >= 15 is 0 Å². The van der Waals surface area contributed by atoms with Gasteiger partial charge in [0.05, 0.1) is 5.60 Å². The third-order valence-corrected chi connectivity index (χ3v) is 3.64. The Morgan fingerprint density at radius 1 is 1.47 bits per heavy atom. The highest BCUT2D eigenvalue weighted by atomic mass is 79.9.